The first-order chi connectivity index (χ1) is 14.0. The monoisotopic (exact) mass is 393 g/mol. The Kier molecular flexibility index (Phi) is 6.23. The zero-order valence-corrected chi connectivity index (χ0v) is 16.3. The summed E-state index contributed by atoms with van der Waals surface area (Å²) < 4.78 is 0. The van der Waals surface area contributed by atoms with E-state index in [9.17, 15) is 14.7 Å². The topological polar surface area (TPSA) is 123 Å². The molecular formula is C21H23N5O3. The maximum absolute atomic E-state index is 12.5. The number of benzene rings is 2. The Morgan fingerprint density at radius 1 is 1.10 bits per heavy atom. The van der Waals surface area contributed by atoms with Crippen molar-refractivity contribution < 1.29 is 9.90 Å². The van der Waals surface area contributed by atoms with E-state index in [0.29, 0.717) is 22.4 Å². The fraction of sp³-hybridized carbons (Fsp3) is 0.238. The number of imidazole rings is 1. The molecule has 8 nitrogen and oxygen atoms in total. The summed E-state index contributed by atoms with van der Waals surface area (Å²) in [6, 6.07) is 12.5. The second-order valence-corrected chi connectivity index (χ2v) is 6.70. The third-order valence-electron chi connectivity index (χ3n) is 4.35. The van der Waals surface area contributed by atoms with Crippen molar-refractivity contribution in [3.63, 3.8) is 0 Å². The molecular weight excluding hydrogens is 370 g/mol. The smallest absolute Gasteiger partial charge is 0.323 e. The van der Waals surface area contributed by atoms with Crippen LogP contribution in [0.25, 0.3) is 11.0 Å². The largest absolute Gasteiger partial charge is 0.510 e. The molecule has 0 fully saturated rings. The number of anilines is 1. The lowest BCUT2D eigenvalue weighted by atomic mass is 10.1. The highest BCUT2D eigenvalue weighted by Crippen LogP contribution is 2.19. The molecule has 2 aromatic carbocycles. The number of aryl methyl sites for hydroxylation is 1. The van der Waals surface area contributed by atoms with Crippen molar-refractivity contribution in [2.75, 3.05) is 5.32 Å². The van der Waals surface area contributed by atoms with E-state index < -0.39 is 5.91 Å². The Morgan fingerprint density at radius 2 is 1.83 bits per heavy atom. The molecule has 0 bridgehead atoms. The van der Waals surface area contributed by atoms with Gasteiger partial charge in [0.05, 0.1) is 16.7 Å². The van der Waals surface area contributed by atoms with Gasteiger partial charge in [-0.2, -0.15) is 5.11 Å². The van der Waals surface area contributed by atoms with Crippen LogP contribution in [0.4, 0.5) is 11.4 Å². The van der Waals surface area contributed by atoms with Crippen LogP contribution in [0.5, 0.6) is 0 Å². The molecule has 29 heavy (non-hydrogen) atoms. The zero-order chi connectivity index (χ0) is 20.8. The van der Waals surface area contributed by atoms with Gasteiger partial charge >= 0.3 is 5.69 Å². The van der Waals surface area contributed by atoms with Crippen LogP contribution in [0.1, 0.15) is 32.3 Å². The van der Waals surface area contributed by atoms with Gasteiger partial charge in [0.25, 0.3) is 5.91 Å². The number of allylic oxidation sites excluding steroid dienone is 1. The summed E-state index contributed by atoms with van der Waals surface area (Å²) in [6.07, 6.45) is 3.27. The van der Waals surface area contributed by atoms with Crippen LogP contribution in [0.2, 0.25) is 0 Å². The van der Waals surface area contributed by atoms with Gasteiger partial charge in [0.15, 0.2) is 5.70 Å². The minimum Gasteiger partial charge on any atom is -0.510 e. The molecule has 1 heterocycles. The second kappa shape index (κ2) is 9.01. The van der Waals surface area contributed by atoms with E-state index in [2.05, 4.69) is 32.4 Å². The van der Waals surface area contributed by atoms with E-state index in [1.54, 1.807) is 18.2 Å². The van der Waals surface area contributed by atoms with Crippen molar-refractivity contribution in [2.45, 2.75) is 33.1 Å². The predicted octanol–water partition coefficient (Wildman–Crippen LogP) is 4.71. The Bertz CT molecular complexity index is 1120. The number of H-pyrrole nitrogens is 2. The number of aromatic nitrogens is 2. The Hall–Kier alpha value is -3.68. The van der Waals surface area contributed by atoms with E-state index in [0.717, 1.165) is 19.3 Å². The van der Waals surface area contributed by atoms with Crippen LogP contribution in [0, 0.1) is 0 Å². The number of fused-ring (bicyclic) bond motifs is 1. The molecule has 150 valence electrons. The zero-order valence-electron chi connectivity index (χ0n) is 16.3. The molecule has 3 aromatic rings. The molecule has 8 heteroatoms. The quantitative estimate of drug-likeness (QED) is 0.264. The van der Waals surface area contributed by atoms with Crippen LogP contribution >= 0.6 is 0 Å². The van der Waals surface area contributed by atoms with E-state index >= 15 is 0 Å². The Balaban J connectivity index is 1.73. The number of nitrogens with zero attached hydrogens (tertiary/aromatic N) is 2. The number of aliphatic hydroxyl groups excluding tert-OH is 1. The molecule has 3 rings (SSSR count). The summed E-state index contributed by atoms with van der Waals surface area (Å²) in [5.74, 6) is -0.854. The van der Waals surface area contributed by atoms with Gasteiger partial charge in [-0.15, -0.1) is 5.11 Å². The van der Waals surface area contributed by atoms with Crippen molar-refractivity contribution in [1.29, 1.82) is 0 Å². The standard InChI is InChI=1S/C21H23N5O3/c1-3-4-5-14-6-8-15(9-7-14)25-26-19(13(2)27)20(28)22-16-10-11-17-18(12-16)24-21(29)23-17/h6-12,27H,3-5H2,1-2H3,(H,22,28)(H2,23,24,29)/b19-13+,26-25?. The maximum atomic E-state index is 12.5. The highest BCUT2D eigenvalue weighted by Gasteiger charge is 2.14. The van der Waals surface area contributed by atoms with Gasteiger partial charge in [-0.1, -0.05) is 25.5 Å². The molecule has 0 aliphatic carbocycles. The van der Waals surface area contributed by atoms with Gasteiger partial charge in [0.1, 0.15) is 5.76 Å². The summed E-state index contributed by atoms with van der Waals surface area (Å²) >= 11 is 0. The average molecular weight is 393 g/mol. The number of azo groups is 1. The molecule has 1 aromatic heterocycles. The molecule has 0 saturated heterocycles. The minimum absolute atomic E-state index is 0.192. The Labute approximate surface area is 167 Å². The first-order valence-electron chi connectivity index (χ1n) is 9.40. The second-order valence-electron chi connectivity index (χ2n) is 6.70. The molecule has 0 atom stereocenters. The van der Waals surface area contributed by atoms with E-state index in [-0.39, 0.29) is 17.1 Å². The van der Waals surface area contributed by atoms with Gasteiger partial charge in [0.2, 0.25) is 0 Å². The van der Waals surface area contributed by atoms with E-state index in [1.807, 2.05) is 24.3 Å². The number of rotatable bonds is 7. The van der Waals surface area contributed by atoms with Crippen molar-refractivity contribution in [3.8, 4) is 0 Å². The van der Waals surface area contributed by atoms with Gasteiger partial charge in [0, 0.05) is 5.69 Å². The highest BCUT2D eigenvalue weighted by molar-refractivity contribution is 6.04. The van der Waals surface area contributed by atoms with Crippen molar-refractivity contribution in [1.82, 2.24) is 9.97 Å². The number of aliphatic hydroxyl groups is 1. The van der Waals surface area contributed by atoms with E-state index in [4.69, 9.17) is 0 Å². The van der Waals surface area contributed by atoms with Gasteiger partial charge < -0.3 is 20.4 Å². The normalized spacial score (nSPS) is 12.3. The maximum Gasteiger partial charge on any atom is 0.323 e. The third kappa shape index (κ3) is 5.19. The summed E-state index contributed by atoms with van der Waals surface area (Å²) in [5.41, 5.74) is 2.92. The number of carbonyl (C=O) groups excluding carboxylic acids is 1. The summed E-state index contributed by atoms with van der Waals surface area (Å²) in [6.45, 7) is 3.52. The summed E-state index contributed by atoms with van der Waals surface area (Å²) in [4.78, 5) is 29.1. The molecule has 1 amide bonds. The van der Waals surface area contributed by atoms with Gasteiger partial charge in [-0.25, -0.2) is 4.79 Å². The van der Waals surface area contributed by atoms with Crippen LogP contribution < -0.4 is 11.0 Å². The van der Waals surface area contributed by atoms with Gasteiger partial charge in [-0.3, -0.25) is 4.79 Å². The fourth-order valence-electron chi connectivity index (χ4n) is 2.80. The predicted molar refractivity (Wildman–Crippen MR) is 112 cm³/mol. The lowest BCUT2D eigenvalue weighted by molar-refractivity contribution is -0.113. The Morgan fingerprint density at radius 3 is 2.52 bits per heavy atom. The molecule has 0 unspecified atom stereocenters. The number of hydrogen-bond donors (Lipinski definition) is 4. The number of aromatic amines is 2. The lowest BCUT2D eigenvalue weighted by Crippen LogP contribution is -2.14. The first kappa shape index (κ1) is 20.1. The minimum atomic E-state index is -0.606. The number of amides is 1. The average Bonchev–Trinajstić information content (AvgIpc) is 3.06. The highest BCUT2D eigenvalue weighted by atomic mass is 16.3. The first-order valence-corrected chi connectivity index (χ1v) is 9.40. The summed E-state index contributed by atoms with van der Waals surface area (Å²) in [5, 5.41) is 20.5. The molecule has 0 spiro atoms. The fourth-order valence-corrected chi connectivity index (χ4v) is 2.80. The van der Waals surface area contributed by atoms with Gasteiger partial charge in [-0.05, 0) is 55.7 Å². The number of hydrogen-bond acceptors (Lipinski definition) is 5. The molecule has 4 N–H and O–H groups in total. The molecule has 0 radical (unpaired) electrons. The van der Waals surface area contributed by atoms with Crippen LogP contribution in [-0.2, 0) is 11.2 Å². The number of unbranched alkanes of at least 4 members (excludes halogenated alkanes) is 1. The molecule has 0 aliphatic rings. The van der Waals surface area contributed by atoms with Crippen LogP contribution in [0.3, 0.4) is 0 Å². The van der Waals surface area contributed by atoms with Crippen LogP contribution in [0.15, 0.2) is 68.9 Å². The van der Waals surface area contributed by atoms with Crippen molar-refractivity contribution in [2.24, 2.45) is 10.2 Å². The van der Waals surface area contributed by atoms with Crippen molar-refractivity contribution in [3.05, 3.63) is 70.0 Å². The van der Waals surface area contributed by atoms with E-state index in [1.165, 1.54) is 12.5 Å². The SMILES string of the molecule is CCCCc1ccc(N=N/C(C(=O)Nc2ccc3[nH]c(=O)[nH]c3c2)=C(\C)O)cc1. The molecule has 0 aliphatic heterocycles. The van der Waals surface area contributed by atoms with Crippen LogP contribution in [-0.4, -0.2) is 21.0 Å². The molecule has 0 saturated carbocycles. The number of nitrogens with one attached hydrogen (secondary N) is 3. The van der Waals surface area contributed by atoms with Crippen molar-refractivity contribution >= 4 is 28.3 Å². The summed E-state index contributed by atoms with van der Waals surface area (Å²) in [7, 11) is 0. The number of carbonyl (C=O) groups is 1. The lowest BCUT2D eigenvalue weighted by Gasteiger charge is -2.06. The third-order valence-corrected chi connectivity index (χ3v) is 4.35.